The minimum absolute atomic E-state index is 0.0978. The van der Waals surface area contributed by atoms with E-state index in [1.807, 2.05) is 0 Å². The van der Waals surface area contributed by atoms with Crippen LogP contribution in [0.15, 0.2) is 158 Å². The Bertz CT molecular complexity index is 2750. The molecule has 0 bridgehead atoms. The number of benzene rings is 7. The minimum atomic E-state index is 0.0978. The number of anilines is 6. The first-order chi connectivity index (χ1) is 28.8. The zero-order valence-corrected chi connectivity index (χ0v) is 33.2. The molecule has 58 heavy (non-hydrogen) atoms. The monoisotopic (exact) mass is 749 g/mol. The van der Waals surface area contributed by atoms with Crippen molar-refractivity contribution in [2.45, 2.75) is 76.0 Å². The molecule has 0 amide bonds. The Kier molecular flexibility index (Phi) is 8.13. The zero-order valence-electron chi connectivity index (χ0n) is 33.2. The third-order valence-corrected chi connectivity index (χ3v) is 14.1. The first-order valence-corrected chi connectivity index (χ1v) is 21.9. The van der Waals surface area contributed by atoms with Crippen molar-refractivity contribution in [2.24, 2.45) is 0 Å². The number of para-hydroxylation sites is 3. The smallest absolute Gasteiger partial charge is 0.252 e. The lowest BCUT2D eigenvalue weighted by Gasteiger charge is -2.44. The van der Waals surface area contributed by atoms with Gasteiger partial charge in [0.05, 0.1) is 11.0 Å². The third kappa shape index (κ3) is 5.34. The van der Waals surface area contributed by atoms with Crippen molar-refractivity contribution in [3.63, 3.8) is 0 Å². The van der Waals surface area contributed by atoms with E-state index in [0.29, 0.717) is 11.8 Å². The predicted molar refractivity (Wildman–Crippen MR) is 246 cm³/mol. The van der Waals surface area contributed by atoms with Crippen LogP contribution in [0.2, 0.25) is 0 Å². The maximum atomic E-state index is 2.58. The Morgan fingerprint density at radius 2 is 0.879 bits per heavy atom. The van der Waals surface area contributed by atoms with Gasteiger partial charge in [-0.2, -0.15) is 0 Å². The van der Waals surface area contributed by atoms with Crippen LogP contribution >= 0.6 is 0 Å². The van der Waals surface area contributed by atoms with E-state index in [-0.39, 0.29) is 6.71 Å². The van der Waals surface area contributed by atoms with Gasteiger partial charge in [-0.1, -0.05) is 117 Å². The second-order valence-electron chi connectivity index (χ2n) is 17.3. The summed E-state index contributed by atoms with van der Waals surface area (Å²) in [6.07, 6.45) is 13.4. The topological polar surface area (TPSA) is 11.4 Å². The minimum Gasteiger partial charge on any atom is -0.311 e. The highest BCUT2D eigenvalue weighted by molar-refractivity contribution is 7.00. The van der Waals surface area contributed by atoms with Gasteiger partial charge in [-0.15, -0.1) is 0 Å². The Morgan fingerprint density at radius 1 is 0.379 bits per heavy atom. The van der Waals surface area contributed by atoms with E-state index in [9.17, 15) is 0 Å². The Hall–Kier alpha value is -6.00. The molecule has 0 radical (unpaired) electrons. The molecule has 1 aromatic heterocycles. The molecule has 4 heteroatoms. The summed E-state index contributed by atoms with van der Waals surface area (Å²) in [5, 5.41) is 2.82. The highest BCUT2D eigenvalue weighted by Gasteiger charge is 2.43. The van der Waals surface area contributed by atoms with E-state index >= 15 is 0 Å². The number of nitrogens with zero attached hydrogens (tertiary/aromatic N) is 3. The van der Waals surface area contributed by atoms with Gasteiger partial charge in [-0.25, -0.2) is 0 Å². The molecule has 2 fully saturated rings. The van der Waals surface area contributed by atoms with Crippen LogP contribution in [0.25, 0.3) is 27.5 Å². The highest BCUT2D eigenvalue weighted by atomic mass is 15.2. The van der Waals surface area contributed by atoms with E-state index in [0.717, 1.165) is 0 Å². The summed E-state index contributed by atoms with van der Waals surface area (Å²) in [5.74, 6) is 1.34. The third-order valence-electron chi connectivity index (χ3n) is 14.1. The van der Waals surface area contributed by atoms with Crippen molar-refractivity contribution in [1.82, 2.24) is 4.57 Å². The quantitative estimate of drug-likeness (QED) is 0.162. The second-order valence-corrected chi connectivity index (χ2v) is 17.3. The van der Waals surface area contributed by atoms with Crippen LogP contribution in [-0.2, 0) is 0 Å². The lowest BCUT2D eigenvalue weighted by molar-refractivity contribution is 0.444. The SMILES string of the molecule is c1ccc(N2c3ccccc3B3c4ccc(-n5c6ccc(C7CCCCC7)cc6c6cc(C7CCCCC7)ccc65)cc4N(c4ccccc4)c4cccc2c43)cc1. The summed E-state index contributed by atoms with van der Waals surface area (Å²) in [7, 11) is 0. The van der Waals surface area contributed by atoms with Crippen LogP contribution in [0.3, 0.4) is 0 Å². The number of rotatable bonds is 5. The fourth-order valence-electron chi connectivity index (χ4n) is 11.4. The van der Waals surface area contributed by atoms with Crippen LogP contribution in [0, 0.1) is 0 Å². The van der Waals surface area contributed by atoms with Crippen LogP contribution < -0.4 is 26.2 Å². The van der Waals surface area contributed by atoms with E-state index in [1.54, 1.807) is 0 Å². The van der Waals surface area contributed by atoms with Crippen LogP contribution in [0.1, 0.15) is 87.2 Å². The standard InChI is InChI=1S/C54H48BN3/c1-5-16-37(17-6-1)39-28-32-48-44(34-39)45-35-40(38-18-7-2-8-19-38)29-33-49(45)58(48)43-30-31-47-53(36-43)57(42-22-11-4-12-23-42)52-27-15-26-51-54(52)55(47)46-24-13-14-25-50(46)56(51)41-20-9-3-10-21-41/h3-4,9-15,20-38H,1-2,5-8,16-19H2. The maximum absolute atomic E-state index is 2.58. The van der Waals surface area contributed by atoms with Gasteiger partial charge in [-0.05, 0) is 144 Å². The van der Waals surface area contributed by atoms with Gasteiger partial charge in [-0.3, -0.25) is 0 Å². The highest BCUT2D eigenvalue weighted by Crippen LogP contribution is 2.46. The first-order valence-electron chi connectivity index (χ1n) is 21.9. The van der Waals surface area contributed by atoms with Gasteiger partial charge in [0, 0.05) is 50.6 Å². The van der Waals surface area contributed by atoms with E-state index < -0.39 is 0 Å². The molecule has 12 rings (SSSR count). The second kappa shape index (κ2) is 13.8. The molecule has 0 atom stereocenters. The van der Waals surface area contributed by atoms with Crippen molar-refractivity contribution in [3.8, 4) is 5.69 Å². The Labute approximate surface area is 342 Å². The summed E-state index contributed by atoms with van der Waals surface area (Å²) in [6, 6.07) is 60.2. The molecule has 282 valence electrons. The molecule has 8 aromatic rings. The number of hydrogen-bond acceptors (Lipinski definition) is 2. The normalized spacial score (nSPS) is 16.7. The maximum Gasteiger partial charge on any atom is 0.252 e. The van der Waals surface area contributed by atoms with E-state index in [2.05, 4.69) is 172 Å². The van der Waals surface area contributed by atoms with E-state index in [1.165, 1.54) is 153 Å². The van der Waals surface area contributed by atoms with Crippen LogP contribution in [0.4, 0.5) is 34.1 Å². The predicted octanol–water partition coefficient (Wildman–Crippen LogP) is 13.0. The summed E-state index contributed by atoms with van der Waals surface area (Å²) < 4.78 is 2.57. The molecule has 7 aromatic carbocycles. The Morgan fingerprint density at radius 3 is 1.47 bits per heavy atom. The average Bonchev–Trinajstić information content (AvgIpc) is 3.63. The van der Waals surface area contributed by atoms with Crippen molar-refractivity contribution < 1.29 is 0 Å². The lowest BCUT2D eigenvalue weighted by Crippen LogP contribution is -2.61. The van der Waals surface area contributed by atoms with Crippen molar-refractivity contribution in [3.05, 3.63) is 169 Å². The molecule has 0 N–H and O–H groups in total. The van der Waals surface area contributed by atoms with Gasteiger partial charge in [0.1, 0.15) is 0 Å². The summed E-state index contributed by atoms with van der Waals surface area (Å²) in [4.78, 5) is 5.00. The summed E-state index contributed by atoms with van der Waals surface area (Å²) in [6.45, 7) is 0.0978. The van der Waals surface area contributed by atoms with Gasteiger partial charge in [0.25, 0.3) is 6.71 Å². The molecule has 2 aliphatic carbocycles. The molecular weight excluding hydrogens is 701 g/mol. The molecule has 0 saturated heterocycles. The van der Waals surface area contributed by atoms with E-state index in [4.69, 9.17) is 0 Å². The molecule has 3 nitrogen and oxygen atoms in total. The fourth-order valence-corrected chi connectivity index (χ4v) is 11.4. The lowest BCUT2D eigenvalue weighted by atomic mass is 9.33. The number of aromatic nitrogens is 1. The molecule has 2 aliphatic heterocycles. The fraction of sp³-hybridized carbons (Fsp3) is 0.222. The van der Waals surface area contributed by atoms with Crippen LogP contribution in [-0.4, -0.2) is 11.3 Å². The Balaban J connectivity index is 1.09. The first kappa shape index (κ1) is 34.1. The van der Waals surface area contributed by atoms with Gasteiger partial charge >= 0.3 is 0 Å². The van der Waals surface area contributed by atoms with Crippen molar-refractivity contribution in [1.29, 1.82) is 0 Å². The number of hydrogen-bond donors (Lipinski definition) is 0. The van der Waals surface area contributed by atoms with Crippen LogP contribution in [0.5, 0.6) is 0 Å². The largest absolute Gasteiger partial charge is 0.311 e. The van der Waals surface area contributed by atoms with Gasteiger partial charge in [0.2, 0.25) is 0 Å². The van der Waals surface area contributed by atoms with Crippen molar-refractivity contribution in [2.75, 3.05) is 9.80 Å². The summed E-state index contributed by atoms with van der Waals surface area (Å²) >= 11 is 0. The van der Waals surface area contributed by atoms with Crippen molar-refractivity contribution >= 4 is 79.0 Å². The zero-order chi connectivity index (χ0) is 38.2. The molecule has 0 unspecified atom stereocenters. The molecule has 0 spiro atoms. The molecule has 2 saturated carbocycles. The molecular formula is C54H48BN3. The molecule has 3 heterocycles. The van der Waals surface area contributed by atoms with Gasteiger partial charge in [0.15, 0.2) is 0 Å². The average molecular weight is 750 g/mol. The van der Waals surface area contributed by atoms with Gasteiger partial charge < -0.3 is 14.4 Å². The summed E-state index contributed by atoms with van der Waals surface area (Å²) in [5.41, 5.74) is 18.3. The molecule has 4 aliphatic rings. The number of fused-ring (bicyclic) bond motifs is 7.